The van der Waals surface area contributed by atoms with Gasteiger partial charge in [-0.05, 0) is 32.0 Å². The molecule has 4 nitrogen and oxygen atoms in total. The van der Waals surface area contributed by atoms with Crippen LogP contribution in [0.15, 0.2) is 12.1 Å². The van der Waals surface area contributed by atoms with E-state index in [-0.39, 0.29) is 0 Å². The largest absolute Gasteiger partial charge is 0.367 e. The van der Waals surface area contributed by atoms with Gasteiger partial charge in [0.1, 0.15) is 5.82 Å². The molecule has 0 amide bonds. The average molecular weight is 234 g/mol. The normalized spacial score (nSPS) is 17.0. The second-order valence-electron chi connectivity index (χ2n) is 4.71. The van der Waals surface area contributed by atoms with Gasteiger partial charge in [0.25, 0.3) is 0 Å². The maximum atomic E-state index is 4.35. The van der Waals surface area contributed by atoms with Crippen molar-refractivity contribution in [2.45, 2.75) is 38.0 Å². The van der Waals surface area contributed by atoms with Crippen LogP contribution in [-0.2, 0) is 0 Å². The number of likely N-dealkylation sites (N-methyl/N-ethyl adjacent to an activating group) is 1. The number of hydrogen-bond donors (Lipinski definition) is 2. The number of nitrogens with one attached hydrogen (secondary N) is 2. The molecule has 1 heterocycles. The van der Waals surface area contributed by atoms with Gasteiger partial charge >= 0.3 is 0 Å². The minimum atomic E-state index is 0.641. The summed E-state index contributed by atoms with van der Waals surface area (Å²) in [4.78, 5) is 0. The second-order valence-corrected chi connectivity index (χ2v) is 4.71. The van der Waals surface area contributed by atoms with E-state index in [2.05, 4.69) is 26.9 Å². The van der Waals surface area contributed by atoms with E-state index in [0.29, 0.717) is 5.92 Å². The summed E-state index contributed by atoms with van der Waals surface area (Å²) in [6.07, 6.45) is 6.62. The van der Waals surface area contributed by atoms with E-state index in [4.69, 9.17) is 0 Å². The molecule has 17 heavy (non-hydrogen) atoms. The summed E-state index contributed by atoms with van der Waals surface area (Å²) in [5.41, 5.74) is 1.17. The van der Waals surface area contributed by atoms with E-state index >= 15 is 0 Å². The smallest absolute Gasteiger partial charge is 0.148 e. The number of aromatic nitrogens is 2. The van der Waals surface area contributed by atoms with Crippen LogP contribution in [0.1, 0.15) is 43.7 Å². The molecule has 2 rings (SSSR count). The summed E-state index contributed by atoms with van der Waals surface area (Å²) < 4.78 is 0. The van der Waals surface area contributed by atoms with Gasteiger partial charge in [-0.1, -0.05) is 19.3 Å². The van der Waals surface area contributed by atoms with Crippen molar-refractivity contribution in [2.75, 3.05) is 25.5 Å². The van der Waals surface area contributed by atoms with Crippen LogP contribution in [0.2, 0.25) is 0 Å². The van der Waals surface area contributed by atoms with Crippen molar-refractivity contribution in [1.82, 2.24) is 15.5 Å². The van der Waals surface area contributed by atoms with Crippen LogP contribution in [-0.4, -0.2) is 30.3 Å². The first-order chi connectivity index (χ1) is 8.40. The third-order valence-corrected chi connectivity index (χ3v) is 3.39. The van der Waals surface area contributed by atoms with Crippen molar-refractivity contribution in [3.05, 3.63) is 17.8 Å². The quantitative estimate of drug-likeness (QED) is 0.767. The molecule has 94 valence electrons. The topological polar surface area (TPSA) is 49.8 Å². The first kappa shape index (κ1) is 12.3. The van der Waals surface area contributed by atoms with E-state index in [1.54, 1.807) is 0 Å². The Morgan fingerprint density at radius 2 is 1.94 bits per heavy atom. The molecule has 1 fully saturated rings. The zero-order valence-corrected chi connectivity index (χ0v) is 10.6. The third kappa shape index (κ3) is 3.66. The van der Waals surface area contributed by atoms with Gasteiger partial charge < -0.3 is 10.6 Å². The van der Waals surface area contributed by atoms with Crippen LogP contribution in [0.3, 0.4) is 0 Å². The summed E-state index contributed by atoms with van der Waals surface area (Å²) in [7, 11) is 1.94. The van der Waals surface area contributed by atoms with Crippen LogP contribution in [0, 0.1) is 0 Å². The van der Waals surface area contributed by atoms with Gasteiger partial charge in [-0.15, -0.1) is 5.10 Å². The Kier molecular flexibility index (Phi) is 4.74. The fourth-order valence-electron chi connectivity index (χ4n) is 2.37. The summed E-state index contributed by atoms with van der Waals surface area (Å²) in [6, 6.07) is 4.18. The molecule has 0 aromatic carbocycles. The molecular weight excluding hydrogens is 212 g/mol. The van der Waals surface area contributed by atoms with Gasteiger partial charge in [0, 0.05) is 19.0 Å². The maximum Gasteiger partial charge on any atom is 0.148 e. The molecule has 0 spiro atoms. The van der Waals surface area contributed by atoms with Gasteiger partial charge in [-0.2, -0.15) is 5.10 Å². The lowest BCUT2D eigenvalue weighted by atomic mass is 9.87. The van der Waals surface area contributed by atoms with E-state index in [1.807, 2.05) is 13.1 Å². The highest BCUT2D eigenvalue weighted by Crippen LogP contribution is 2.31. The van der Waals surface area contributed by atoms with Gasteiger partial charge in [-0.25, -0.2) is 0 Å². The molecule has 4 heteroatoms. The summed E-state index contributed by atoms with van der Waals surface area (Å²) >= 11 is 0. The van der Waals surface area contributed by atoms with E-state index in [9.17, 15) is 0 Å². The monoisotopic (exact) mass is 234 g/mol. The van der Waals surface area contributed by atoms with Crippen molar-refractivity contribution in [3.8, 4) is 0 Å². The zero-order valence-electron chi connectivity index (χ0n) is 10.6. The summed E-state index contributed by atoms with van der Waals surface area (Å²) in [5.74, 6) is 1.52. The Balaban J connectivity index is 1.88. The van der Waals surface area contributed by atoms with Gasteiger partial charge in [0.2, 0.25) is 0 Å². The van der Waals surface area contributed by atoms with Crippen LogP contribution in [0.25, 0.3) is 0 Å². The minimum absolute atomic E-state index is 0.641. The molecule has 0 atom stereocenters. The Morgan fingerprint density at radius 1 is 1.12 bits per heavy atom. The Labute approximate surface area is 103 Å². The molecule has 1 aromatic heterocycles. The van der Waals surface area contributed by atoms with Crippen molar-refractivity contribution >= 4 is 5.82 Å². The van der Waals surface area contributed by atoms with Crippen molar-refractivity contribution in [1.29, 1.82) is 0 Å². The molecular formula is C13H22N4. The van der Waals surface area contributed by atoms with Crippen LogP contribution in [0.5, 0.6) is 0 Å². The van der Waals surface area contributed by atoms with Gasteiger partial charge in [0.15, 0.2) is 0 Å². The van der Waals surface area contributed by atoms with Crippen molar-refractivity contribution in [2.24, 2.45) is 0 Å². The molecule has 0 bridgehead atoms. The van der Waals surface area contributed by atoms with Crippen LogP contribution >= 0.6 is 0 Å². The lowest BCUT2D eigenvalue weighted by molar-refractivity contribution is 0.434. The SMILES string of the molecule is CNCCNc1ccc(C2CCCCC2)nn1. The highest BCUT2D eigenvalue weighted by Gasteiger charge is 2.16. The number of nitrogens with zero attached hydrogens (tertiary/aromatic N) is 2. The highest BCUT2D eigenvalue weighted by atomic mass is 15.2. The Morgan fingerprint density at radius 3 is 2.59 bits per heavy atom. The Bertz CT molecular complexity index is 317. The molecule has 0 saturated heterocycles. The summed E-state index contributed by atoms with van der Waals surface area (Å²) in [5, 5.41) is 14.9. The molecule has 1 aromatic rings. The number of rotatable bonds is 5. The fourth-order valence-corrected chi connectivity index (χ4v) is 2.37. The predicted octanol–water partition coefficient (Wildman–Crippen LogP) is 2.16. The zero-order chi connectivity index (χ0) is 11.9. The van der Waals surface area contributed by atoms with Crippen LogP contribution < -0.4 is 10.6 Å². The third-order valence-electron chi connectivity index (χ3n) is 3.39. The molecule has 2 N–H and O–H groups in total. The first-order valence-electron chi connectivity index (χ1n) is 6.62. The lowest BCUT2D eigenvalue weighted by Crippen LogP contribution is -2.18. The Hall–Kier alpha value is -1.16. The number of anilines is 1. The number of hydrogen-bond acceptors (Lipinski definition) is 4. The van der Waals surface area contributed by atoms with E-state index in [0.717, 1.165) is 18.9 Å². The average Bonchev–Trinajstić information content (AvgIpc) is 2.41. The molecule has 1 aliphatic rings. The highest BCUT2D eigenvalue weighted by molar-refractivity contribution is 5.33. The fraction of sp³-hybridized carbons (Fsp3) is 0.692. The lowest BCUT2D eigenvalue weighted by Gasteiger charge is -2.20. The van der Waals surface area contributed by atoms with Gasteiger partial charge in [0.05, 0.1) is 5.69 Å². The minimum Gasteiger partial charge on any atom is -0.367 e. The van der Waals surface area contributed by atoms with E-state index < -0.39 is 0 Å². The van der Waals surface area contributed by atoms with Crippen molar-refractivity contribution < 1.29 is 0 Å². The van der Waals surface area contributed by atoms with Crippen molar-refractivity contribution in [3.63, 3.8) is 0 Å². The van der Waals surface area contributed by atoms with Crippen LogP contribution in [0.4, 0.5) is 5.82 Å². The maximum absolute atomic E-state index is 4.35. The predicted molar refractivity (Wildman–Crippen MR) is 70.3 cm³/mol. The summed E-state index contributed by atoms with van der Waals surface area (Å²) in [6.45, 7) is 1.82. The standard InChI is InChI=1S/C13H22N4/c1-14-9-10-15-13-8-7-12(16-17-13)11-5-3-2-4-6-11/h7-8,11,14H,2-6,9-10H2,1H3,(H,15,17). The molecule has 1 saturated carbocycles. The van der Waals surface area contributed by atoms with E-state index in [1.165, 1.54) is 37.8 Å². The second kappa shape index (κ2) is 6.55. The molecule has 0 aliphatic heterocycles. The molecule has 0 radical (unpaired) electrons. The van der Waals surface area contributed by atoms with Gasteiger partial charge in [-0.3, -0.25) is 0 Å². The first-order valence-corrected chi connectivity index (χ1v) is 6.62. The molecule has 1 aliphatic carbocycles. The molecule has 0 unspecified atom stereocenters.